The van der Waals surface area contributed by atoms with Crippen molar-refractivity contribution in [2.24, 2.45) is 0 Å². The average Bonchev–Trinajstić information content (AvgIpc) is 0.744. The number of carbonyl (C=O) groups excluding carboxylic acids is 3. The van der Waals surface area contributed by atoms with E-state index in [-0.39, 0.29) is 0 Å². The lowest BCUT2D eigenvalue weighted by molar-refractivity contribution is -0.419. The van der Waals surface area contributed by atoms with Gasteiger partial charge in [-0.25, -0.2) is 19.2 Å². The molecule has 0 radical (unpaired) electrons. The highest BCUT2D eigenvalue weighted by Gasteiger charge is 2.68. The van der Waals surface area contributed by atoms with E-state index in [4.69, 9.17) is 80.5 Å². The lowest BCUT2D eigenvalue weighted by Crippen LogP contribution is -2.73. The van der Waals surface area contributed by atoms with Gasteiger partial charge in [0.1, 0.15) is 207 Å². The molecule has 0 saturated carbocycles. The van der Waals surface area contributed by atoms with Crippen LogP contribution < -0.4 is 16.0 Å². The Balaban J connectivity index is 1.16. The molecule has 0 aromatic heterocycles. The van der Waals surface area contributed by atoms with E-state index >= 15 is 0 Å². The summed E-state index contributed by atoms with van der Waals surface area (Å²) in [6.45, 7) is -10.6. The number of nitrogens with one attached hydrogen (secondary N) is 3. The minimum absolute atomic E-state index is 0.767. The number of aliphatic carboxylic acids is 4. The van der Waals surface area contributed by atoms with E-state index in [9.17, 15) is 207 Å². The van der Waals surface area contributed by atoms with Crippen LogP contribution in [-0.4, -0.2) is 573 Å². The summed E-state index contributed by atoms with van der Waals surface area (Å²) in [4.78, 5) is 92.6. The number of carboxylic acid groups (broad SMARTS) is 4. The molecule has 9 heterocycles. The Kier molecular flexibility index (Phi) is 38.6. The molecule has 9 aliphatic rings. The van der Waals surface area contributed by atoms with E-state index in [1.807, 2.05) is 0 Å². The van der Waals surface area contributed by atoms with Gasteiger partial charge < -0.3 is 270 Å². The molecule has 0 spiro atoms. The Morgan fingerprint density at radius 1 is 0.331 bits per heavy atom. The highest BCUT2D eigenvalue weighted by atomic mass is 16.8. The molecule has 0 aromatic carbocycles. The maximum absolute atomic E-state index is 14.4. The van der Waals surface area contributed by atoms with Crippen LogP contribution in [0, 0.1) is 0 Å². The molecule has 0 aromatic rings. The van der Waals surface area contributed by atoms with Crippen molar-refractivity contribution in [2.45, 2.75) is 345 Å². The Morgan fingerprint density at radius 3 is 1.24 bits per heavy atom. The summed E-state index contributed by atoms with van der Waals surface area (Å²) in [5, 5.41) is 388. The molecular formula is C72H117N3O58. The average molecular weight is 1950 g/mol. The first kappa shape index (κ1) is 111. The summed E-state index contributed by atoms with van der Waals surface area (Å²) in [5.74, 6) is -27.5. The third-order valence-corrected chi connectivity index (χ3v) is 23.8. The van der Waals surface area contributed by atoms with E-state index in [1.165, 1.54) is 0 Å². The monoisotopic (exact) mass is 1950 g/mol. The molecule has 768 valence electrons. The molecule has 9 aliphatic heterocycles. The van der Waals surface area contributed by atoms with Gasteiger partial charge in [0, 0.05) is 46.5 Å². The highest BCUT2D eigenvalue weighted by Crippen LogP contribution is 2.47. The lowest BCUT2D eigenvalue weighted by Gasteiger charge is -2.53. The molecule has 61 nitrogen and oxygen atoms in total. The van der Waals surface area contributed by atoms with Crippen LogP contribution in [0.25, 0.3) is 0 Å². The van der Waals surface area contributed by atoms with Gasteiger partial charge >= 0.3 is 23.9 Å². The van der Waals surface area contributed by atoms with Crippen LogP contribution in [0.3, 0.4) is 0 Å². The van der Waals surface area contributed by atoms with E-state index in [1.54, 1.807) is 0 Å². The van der Waals surface area contributed by atoms with Gasteiger partial charge in [0.2, 0.25) is 17.7 Å². The molecule has 49 atom stereocenters. The predicted molar refractivity (Wildman–Crippen MR) is 401 cm³/mol. The normalized spacial score (nSPS) is 45.0. The fourth-order valence-electron chi connectivity index (χ4n) is 16.9. The molecule has 9 rings (SSSR count). The largest absolute Gasteiger partial charge is 0.477 e. The second-order valence-corrected chi connectivity index (χ2v) is 33.1. The summed E-state index contributed by atoms with van der Waals surface area (Å²) in [6, 6.07) is -6.22. The first-order valence-electron chi connectivity index (χ1n) is 41.2. The number of aliphatic hydroxyl groups excluding tert-OH is 29. The second-order valence-electron chi connectivity index (χ2n) is 33.1. The zero-order valence-corrected chi connectivity index (χ0v) is 70.2. The van der Waals surface area contributed by atoms with Gasteiger partial charge in [-0.2, -0.15) is 0 Å². The van der Waals surface area contributed by atoms with Crippen molar-refractivity contribution in [3.63, 3.8) is 0 Å². The molecule has 9 fully saturated rings. The van der Waals surface area contributed by atoms with Crippen LogP contribution in [0.1, 0.15) is 46.5 Å². The predicted octanol–water partition coefficient (Wildman–Crippen LogP) is -23.4. The molecule has 37 N–H and O–H groups in total. The fourth-order valence-corrected chi connectivity index (χ4v) is 16.9. The number of rotatable bonds is 40. The SMILES string of the molecule is CC(=O)N[C@H]1[C@H](O[C@@H]2[C@H](O[C@]3(C(=O)O)C[C@H](O)[C@@H](NC(C)=O)[C@H]([C@H](O)[C@@H](CO)O[C@]4(C(=O)O)C[C@H](O)[C@@H](NC(C)=O)[C@H]([C@H](O)[C@H](O)CO)O4)O3)[C@@H](O)[C@H](O[C@@H]3[C@H](O)[C@@H](O[C@@H]4[C@H](O)[C@@H](O[C@H]5[C@@H]([C@H](O)CO)O[C@@](O)(C(=O)O)C[C@H]5O[C@]5(C(=O)O)C[C@@H](O)[C@@H](O)[C@@H]([C@H](O)CO)O5)O[C@H]([C@@H](O)CO)[C@H]4O[C@@H]4O[C@H](CO)[C@@H](O)[C@H](O)[C@H]4O)O[C@H]([C@@H](O)CO)[C@H]3O)O[C@@H]2CO)O[C@H](CO)[C@H](O)[C@@H]1O. The van der Waals surface area contributed by atoms with Gasteiger partial charge in [0.15, 0.2) is 31.5 Å². The molecule has 9 saturated heterocycles. The standard InChI is InChI=1S/C72H117N3O58/c1-17(85)73-33-20(88)4-70(66(110)111,131-54(33)37(97)23(91)8-76)128-31(15-83)40(100)55-34(74-18(2)86)21(89)5-72(132-55,68(114)115)133-58-47(107)62(119-32(16-84)53(58)122-60-35(75-19(3)87)41(101)38(98)29(13-81)117-60)124-56-44(104)48(24(92)9-77)120-63(45(56)105)125-57-46(106)64(121-50(26(94)11-79)59(57)126-61-43(103)42(102)39(99)30(14-82)118-61)123-52-28(7-69(116,65(108)109)129-51(52)27(95)12-80)127-71(67(112)113)6-22(90)36(96)49(130-71)25(93)10-78/h20-64,76-84,88-107,116H,4-16H2,1-3H3,(H,73,85)(H,74,86)(H,75,87)(H,108,109)(H,110,111)(H,112,113)(H,114,115)/t20-,21-,22+,23+,24-,25+,26-,27+,28+,29+,30+,31+,32+,33+,34+,35+,36+,37+,38-,39+,40+,41+,42-,43+,44+,45-,46-,47+,48+,49+,50+,51+,52+,53-,54+,55+,56-,57+,58+,59+,60-,61-,62-,63+,64+,69+,70+,71+,72-/m0/s1. The number of hydrogen-bond acceptors (Lipinski definition) is 54. The molecule has 0 bridgehead atoms. The second kappa shape index (κ2) is 46.2. The number of amides is 3. The first-order chi connectivity index (χ1) is 62.3. The van der Waals surface area contributed by atoms with Gasteiger partial charge in [-0.15, -0.1) is 0 Å². The van der Waals surface area contributed by atoms with Gasteiger partial charge in [-0.1, -0.05) is 0 Å². The van der Waals surface area contributed by atoms with E-state index < -0.39 is 425 Å². The Hall–Kier alpha value is -5.59. The van der Waals surface area contributed by atoms with Crippen molar-refractivity contribution in [1.82, 2.24) is 16.0 Å². The quantitative estimate of drug-likeness (QED) is 0.0271. The summed E-state index contributed by atoms with van der Waals surface area (Å²) in [6.07, 6.45) is -114. The number of carboxylic acids is 4. The van der Waals surface area contributed by atoms with Crippen LogP contribution in [0.5, 0.6) is 0 Å². The van der Waals surface area contributed by atoms with Gasteiger partial charge in [-0.3, -0.25) is 14.4 Å². The Morgan fingerprint density at radius 2 is 0.729 bits per heavy atom. The number of aliphatic hydroxyl groups is 30. The van der Waals surface area contributed by atoms with Crippen LogP contribution >= 0.6 is 0 Å². The summed E-state index contributed by atoms with van der Waals surface area (Å²) in [5.41, 5.74) is 0. The van der Waals surface area contributed by atoms with Gasteiger partial charge in [-0.05, 0) is 0 Å². The van der Waals surface area contributed by atoms with Crippen LogP contribution in [-0.2, 0) is 114 Å². The first-order valence-corrected chi connectivity index (χ1v) is 41.2. The van der Waals surface area contributed by atoms with Crippen molar-refractivity contribution >= 4 is 41.6 Å². The maximum atomic E-state index is 14.4. The minimum atomic E-state index is -3.90. The minimum Gasteiger partial charge on any atom is -0.477 e. The lowest BCUT2D eigenvalue weighted by atomic mass is 9.87. The van der Waals surface area contributed by atoms with E-state index in [0.717, 1.165) is 20.8 Å². The van der Waals surface area contributed by atoms with Crippen molar-refractivity contribution in [1.29, 1.82) is 0 Å². The van der Waals surface area contributed by atoms with Crippen LogP contribution in [0.15, 0.2) is 0 Å². The summed E-state index contributed by atoms with van der Waals surface area (Å²) >= 11 is 0. The summed E-state index contributed by atoms with van der Waals surface area (Å²) < 4.78 is 99.8. The Labute approximate surface area is 747 Å². The smallest absolute Gasteiger partial charge is 0.364 e. The van der Waals surface area contributed by atoms with Gasteiger partial charge in [0.25, 0.3) is 23.1 Å². The van der Waals surface area contributed by atoms with Crippen LogP contribution in [0.4, 0.5) is 0 Å². The topological polar surface area (TPSA) is 1000 Å². The van der Waals surface area contributed by atoms with Gasteiger partial charge in [0.05, 0.1) is 96.0 Å². The Bertz CT molecular complexity index is 3800. The maximum Gasteiger partial charge on any atom is 0.364 e. The zero-order valence-electron chi connectivity index (χ0n) is 70.2. The molecule has 0 unspecified atom stereocenters. The molecule has 0 aliphatic carbocycles. The molecular weight excluding hydrogens is 1830 g/mol. The summed E-state index contributed by atoms with van der Waals surface area (Å²) in [7, 11) is 0. The zero-order chi connectivity index (χ0) is 99.4. The van der Waals surface area contributed by atoms with E-state index in [2.05, 4.69) is 16.0 Å². The van der Waals surface area contributed by atoms with E-state index in [0.29, 0.717) is 0 Å². The third-order valence-electron chi connectivity index (χ3n) is 23.8. The molecule has 3 amide bonds. The molecule has 133 heavy (non-hydrogen) atoms. The third kappa shape index (κ3) is 23.7. The van der Waals surface area contributed by atoms with Crippen molar-refractivity contribution in [2.75, 3.05) is 59.5 Å². The number of hydrogen-bond donors (Lipinski definition) is 37. The highest BCUT2D eigenvalue weighted by molar-refractivity contribution is 5.79. The number of carbonyl (C=O) groups is 7. The van der Waals surface area contributed by atoms with Crippen molar-refractivity contribution < 1.29 is 288 Å². The molecule has 61 heteroatoms. The van der Waals surface area contributed by atoms with Crippen molar-refractivity contribution in [3.8, 4) is 0 Å². The van der Waals surface area contributed by atoms with Crippen molar-refractivity contribution in [3.05, 3.63) is 0 Å². The fraction of sp³-hybridized carbons (Fsp3) is 0.903. The van der Waals surface area contributed by atoms with Crippen LogP contribution in [0.2, 0.25) is 0 Å². The number of ether oxygens (including phenoxy) is 17.